The molecule has 0 spiro atoms. The first-order valence-corrected chi connectivity index (χ1v) is 8.47. The van der Waals surface area contributed by atoms with Crippen LogP contribution in [0.4, 0.5) is 5.69 Å². The Kier molecular flexibility index (Phi) is 5.15. The highest BCUT2D eigenvalue weighted by atomic mass is 16.3. The molecule has 6 nitrogen and oxygen atoms in total. The second kappa shape index (κ2) is 7.49. The third-order valence-electron chi connectivity index (χ3n) is 4.73. The van der Waals surface area contributed by atoms with Crippen LogP contribution < -0.4 is 10.6 Å². The molecule has 2 atom stereocenters. The summed E-state index contributed by atoms with van der Waals surface area (Å²) in [6.45, 7) is 0.0384. The number of aliphatic hydroxyl groups excluding tert-OH is 1. The molecular formula is C18H23N3O3. The van der Waals surface area contributed by atoms with E-state index in [1.807, 2.05) is 24.4 Å². The summed E-state index contributed by atoms with van der Waals surface area (Å²) in [5, 5.41) is 15.9. The van der Waals surface area contributed by atoms with Crippen molar-refractivity contribution in [3.63, 3.8) is 0 Å². The molecule has 1 fully saturated rings. The number of aromatic amines is 1. The molecule has 1 heterocycles. The lowest BCUT2D eigenvalue weighted by molar-refractivity contribution is -0.137. The lowest BCUT2D eigenvalue weighted by Gasteiger charge is -2.24. The summed E-state index contributed by atoms with van der Waals surface area (Å²) in [5.41, 5.74) is 1.56. The maximum atomic E-state index is 12.2. The standard InChI is InChI=1S/C18H23N3O3/c22-11-13-4-2-1-3-5-16(13)21-18(24)17(23)20-14-6-7-15-12(10-14)8-9-19-15/h6-10,13,16,19,22H,1-5,11H2,(H,20,23)(H,21,24). The zero-order chi connectivity index (χ0) is 16.9. The Morgan fingerprint density at radius 1 is 1.12 bits per heavy atom. The van der Waals surface area contributed by atoms with Crippen molar-refractivity contribution < 1.29 is 14.7 Å². The van der Waals surface area contributed by atoms with Gasteiger partial charge in [-0.15, -0.1) is 0 Å². The van der Waals surface area contributed by atoms with Gasteiger partial charge in [-0.25, -0.2) is 0 Å². The van der Waals surface area contributed by atoms with Crippen LogP contribution in [0.5, 0.6) is 0 Å². The molecule has 1 aliphatic rings. The molecule has 2 unspecified atom stereocenters. The SMILES string of the molecule is O=C(Nc1ccc2[nH]ccc2c1)C(=O)NC1CCCCCC1CO. The number of amides is 2. The molecule has 128 valence electrons. The second-order valence-electron chi connectivity index (χ2n) is 6.39. The van der Waals surface area contributed by atoms with Gasteiger partial charge in [0.15, 0.2) is 0 Å². The number of aromatic nitrogens is 1. The van der Waals surface area contributed by atoms with Crippen molar-refractivity contribution in [1.29, 1.82) is 0 Å². The molecule has 3 rings (SSSR count). The number of rotatable bonds is 3. The predicted molar refractivity (Wildman–Crippen MR) is 92.5 cm³/mol. The van der Waals surface area contributed by atoms with Crippen LogP contribution in [0.1, 0.15) is 32.1 Å². The molecule has 0 bridgehead atoms. The second-order valence-corrected chi connectivity index (χ2v) is 6.39. The number of anilines is 1. The summed E-state index contributed by atoms with van der Waals surface area (Å²) < 4.78 is 0. The van der Waals surface area contributed by atoms with E-state index in [2.05, 4.69) is 15.6 Å². The van der Waals surface area contributed by atoms with Crippen molar-refractivity contribution in [3.05, 3.63) is 30.5 Å². The van der Waals surface area contributed by atoms with Crippen molar-refractivity contribution >= 4 is 28.4 Å². The van der Waals surface area contributed by atoms with Crippen LogP contribution in [0.25, 0.3) is 10.9 Å². The largest absolute Gasteiger partial charge is 0.396 e. The smallest absolute Gasteiger partial charge is 0.313 e. The number of carbonyl (C=O) groups excluding carboxylic acids is 2. The highest BCUT2D eigenvalue weighted by Gasteiger charge is 2.26. The topological polar surface area (TPSA) is 94.2 Å². The number of aliphatic hydroxyl groups is 1. The number of hydrogen-bond donors (Lipinski definition) is 4. The van der Waals surface area contributed by atoms with Crippen molar-refractivity contribution in [1.82, 2.24) is 10.3 Å². The Bertz CT molecular complexity index is 725. The fourth-order valence-electron chi connectivity index (χ4n) is 3.35. The van der Waals surface area contributed by atoms with E-state index < -0.39 is 11.8 Å². The molecule has 2 amide bonds. The van der Waals surface area contributed by atoms with E-state index in [9.17, 15) is 14.7 Å². The highest BCUT2D eigenvalue weighted by Crippen LogP contribution is 2.23. The van der Waals surface area contributed by atoms with Crippen molar-refractivity contribution in [2.24, 2.45) is 5.92 Å². The Morgan fingerprint density at radius 3 is 2.79 bits per heavy atom. The molecule has 1 aliphatic carbocycles. The van der Waals surface area contributed by atoms with Gasteiger partial charge in [-0.2, -0.15) is 0 Å². The van der Waals surface area contributed by atoms with Crippen LogP contribution in [0, 0.1) is 5.92 Å². The maximum absolute atomic E-state index is 12.2. The zero-order valence-corrected chi connectivity index (χ0v) is 13.5. The van der Waals surface area contributed by atoms with Gasteiger partial charge >= 0.3 is 11.8 Å². The van der Waals surface area contributed by atoms with Gasteiger partial charge in [-0.3, -0.25) is 9.59 Å². The van der Waals surface area contributed by atoms with E-state index >= 15 is 0 Å². The minimum absolute atomic E-state index is 0.0282. The van der Waals surface area contributed by atoms with Crippen LogP contribution in [0.15, 0.2) is 30.5 Å². The molecule has 1 aromatic carbocycles. The van der Waals surface area contributed by atoms with Crippen molar-refractivity contribution in [3.8, 4) is 0 Å². The Labute approximate surface area is 140 Å². The minimum atomic E-state index is -0.675. The fourth-order valence-corrected chi connectivity index (χ4v) is 3.35. The first kappa shape index (κ1) is 16.5. The van der Waals surface area contributed by atoms with Gasteiger partial charge in [0.1, 0.15) is 0 Å². The van der Waals surface area contributed by atoms with E-state index in [4.69, 9.17) is 0 Å². The van der Waals surface area contributed by atoms with Gasteiger partial charge in [0, 0.05) is 41.4 Å². The molecule has 2 aromatic rings. The van der Waals surface area contributed by atoms with Crippen LogP contribution >= 0.6 is 0 Å². The molecule has 1 aromatic heterocycles. The number of benzene rings is 1. The average Bonchev–Trinajstić information content (AvgIpc) is 2.93. The van der Waals surface area contributed by atoms with Crippen molar-refractivity contribution in [2.45, 2.75) is 38.1 Å². The Hall–Kier alpha value is -2.34. The molecule has 24 heavy (non-hydrogen) atoms. The third-order valence-corrected chi connectivity index (χ3v) is 4.73. The summed E-state index contributed by atoms with van der Waals surface area (Å²) in [6.07, 6.45) is 6.68. The first-order chi connectivity index (χ1) is 11.7. The van der Waals surface area contributed by atoms with Gasteiger partial charge in [0.2, 0.25) is 0 Å². The van der Waals surface area contributed by atoms with Gasteiger partial charge < -0.3 is 20.7 Å². The van der Waals surface area contributed by atoms with E-state index in [-0.39, 0.29) is 18.6 Å². The van der Waals surface area contributed by atoms with Crippen LogP contribution in [-0.2, 0) is 9.59 Å². The van der Waals surface area contributed by atoms with E-state index in [0.717, 1.165) is 43.0 Å². The molecule has 0 radical (unpaired) electrons. The quantitative estimate of drug-likeness (QED) is 0.513. The highest BCUT2D eigenvalue weighted by molar-refractivity contribution is 6.39. The maximum Gasteiger partial charge on any atom is 0.313 e. The van der Waals surface area contributed by atoms with Gasteiger partial charge in [0.25, 0.3) is 0 Å². The van der Waals surface area contributed by atoms with E-state index in [1.165, 1.54) is 0 Å². The molecule has 6 heteroatoms. The van der Waals surface area contributed by atoms with E-state index in [0.29, 0.717) is 5.69 Å². The molecule has 4 N–H and O–H groups in total. The summed E-state index contributed by atoms with van der Waals surface area (Å²) in [7, 11) is 0. The van der Waals surface area contributed by atoms with Gasteiger partial charge in [0.05, 0.1) is 0 Å². The monoisotopic (exact) mass is 329 g/mol. The number of H-pyrrole nitrogens is 1. The fraction of sp³-hybridized carbons (Fsp3) is 0.444. The zero-order valence-electron chi connectivity index (χ0n) is 13.5. The number of fused-ring (bicyclic) bond motifs is 1. The molecule has 0 aliphatic heterocycles. The molecule has 1 saturated carbocycles. The average molecular weight is 329 g/mol. The normalized spacial score (nSPS) is 21.2. The summed E-state index contributed by atoms with van der Waals surface area (Å²) in [5.74, 6) is -1.29. The lowest BCUT2D eigenvalue weighted by Crippen LogP contribution is -2.45. The summed E-state index contributed by atoms with van der Waals surface area (Å²) in [4.78, 5) is 27.4. The first-order valence-electron chi connectivity index (χ1n) is 8.47. The van der Waals surface area contributed by atoms with Gasteiger partial charge in [-0.1, -0.05) is 19.3 Å². The predicted octanol–water partition coefficient (Wildman–Crippen LogP) is 2.16. The molecular weight excluding hydrogens is 306 g/mol. The van der Waals surface area contributed by atoms with Gasteiger partial charge in [-0.05, 0) is 37.1 Å². The minimum Gasteiger partial charge on any atom is -0.396 e. The van der Waals surface area contributed by atoms with Crippen LogP contribution in [0.3, 0.4) is 0 Å². The Balaban J connectivity index is 1.62. The van der Waals surface area contributed by atoms with Crippen LogP contribution in [-0.4, -0.2) is 34.6 Å². The lowest BCUT2D eigenvalue weighted by atomic mass is 9.95. The summed E-state index contributed by atoms with van der Waals surface area (Å²) >= 11 is 0. The number of hydrogen-bond acceptors (Lipinski definition) is 3. The van der Waals surface area contributed by atoms with Crippen LogP contribution in [0.2, 0.25) is 0 Å². The van der Waals surface area contributed by atoms with E-state index in [1.54, 1.807) is 6.07 Å². The third kappa shape index (κ3) is 3.76. The Morgan fingerprint density at radius 2 is 1.96 bits per heavy atom. The number of carbonyl (C=O) groups is 2. The van der Waals surface area contributed by atoms with Crippen molar-refractivity contribution in [2.75, 3.05) is 11.9 Å². The summed E-state index contributed by atoms with van der Waals surface area (Å²) in [6, 6.07) is 7.20. The molecule has 0 saturated heterocycles. The number of nitrogens with one attached hydrogen (secondary N) is 3.